The second-order valence-electron chi connectivity index (χ2n) is 3.02. The summed E-state index contributed by atoms with van der Waals surface area (Å²) < 4.78 is 24.6. The first kappa shape index (κ1) is 15.0. The van der Waals surface area contributed by atoms with E-state index in [1.807, 2.05) is 13.8 Å². The standard InChI is InChI=1S/C6H11N3O4S.C2H6/c1-5(7-11)6(10)9-4-3-8(2)14(9,12)13;1-2/h5H,3-4H2,1-2H3;1-2H3. The van der Waals surface area contributed by atoms with Crippen molar-refractivity contribution in [3.63, 3.8) is 0 Å². The predicted octanol–water partition coefficient (Wildman–Crippen LogP) is 0.186. The molecule has 0 aromatic carbocycles. The molecule has 1 heterocycles. The number of carbonyl (C=O) groups excluding carboxylic acids is 1. The van der Waals surface area contributed by atoms with Crippen LogP contribution >= 0.6 is 0 Å². The zero-order chi connectivity index (χ0) is 12.9. The molecule has 1 aliphatic heterocycles. The van der Waals surface area contributed by atoms with Gasteiger partial charge in [0.15, 0.2) is 6.04 Å². The van der Waals surface area contributed by atoms with Crippen molar-refractivity contribution in [3.8, 4) is 0 Å². The molecule has 0 N–H and O–H groups in total. The number of carbonyl (C=O) groups is 1. The highest BCUT2D eigenvalue weighted by atomic mass is 32.2. The van der Waals surface area contributed by atoms with Crippen molar-refractivity contribution in [3.05, 3.63) is 4.91 Å². The van der Waals surface area contributed by atoms with Gasteiger partial charge in [0.2, 0.25) is 0 Å². The molecule has 0 aliphatic carbocycles. The average molecular weight is 251 g/mol. The van der Waals surface area contributed by atoms with E-state index in [1.54, 1.807) is 0 Å². The molecule has 0 radical (unpaired) electrons. The van der Waals surface area contributed by atoms with Crippen LogP contribution in [0.4, 0.5) is 0 Å². The van der Waals surface area contributed by atoms with Gasteiger partial charge < -0.3 is 0 Å². The van der Waals surface area contributed by atoms with E-state index in [-0.39, 0.29) is 13.1 Å². The molecule has 1 aliphatic rings. The van der Waals surface area contributed by atoms with E-state index in [1.165, 1.54) is 14.0 Å². The van der Waals surface area contributed by atoms with Crippen LogP contribution in [0.3, 0.4) is 0 Å². The van der Waals surface area contributed by atoms with Crippen molar-refractivity contribution < 1.29 is 13.2 Å². The molecule has 1 amide bonds. The summed E-state index contributed by atoms with van der Waals surface area (Å²) >= 11 is 0. The summed E-state index contributed by atoms with van der Waals surface area (Å²) in [5.74, 6) is -0.774. The number of hydrogen-bond donors (Lipinski definition) is 0. The topological polar surface area (TPSA) is 87.1 Å². The molecule has 0 saturated carbocycles. The molecule has 1 saturated heterocycles. The van der Waals surface area contributed by atoms with Gasteiger partial charge in [0.1, 0.15) is 0 Å². The Morgan fingerprint density at radius 1 is 1.31 bits per heavy atom. The lowest BCUT2D eigenvalue weighted by atomic mass is 10.3. The molecule has 94 valence electrons. The van der Waals surface area contributed by atoms with Gasteiger partial charge in [-0.2, -0.15) is 12.7 Å². The first-order valence-electron chi connectivity index (χ1n) is 5.01. The maximum Gasteiger partial charge on any atom is 0.306 e. The molecule has 8 heteroatoms. The van der Waals surface area contributed by atoms with Crippen molar-refractivity contribution in [1.82, 2.24) is 8.61 Å². The van der Waals surface area contributed by atoms with Gasteiger partial charge in [0.25, 0.3) is 5.91 Å². The lowest BCUT2D eigenvalue weighted by Gasteiger charge is -2.16. The zero-order valence-electron chi connectivity index (χ0n) is 9.87. The van der Waals surface area contributed by atoms with Crippen LogP contribution in [0.2, 0.25) is 0 Å². The van der Waals surface area contributed by atoms with Crippen molar-refractivity contribution in [2.45, 2.75) is 26.8 Å². The fourth-order valence-corrected chi connectivity index (χ4v) is 2.45. The highest BCUT2D eigenvalue weighted by Crippen LogP contribution is 2.15. The van der Waals surface area contributed by atoms with Gasteiger partial charge in [-0.3, -0.25) is 4.79 Å². The summed E-state index contributed by atoms with van der Waals surface area (Å²) in [7, 11) is -2.33. The summed E-state index contributed by atoms with van der Waals surface area (Å²) in [6.07, 6.45) is 0. The maximum atomic E-state index is 11.4. The molecule has 1 unspecified atom stereocenters. The van der Waals surface area contributed by atoms with E-state index in [9.17, 15) is 18.1 Å². The molecule has 1 fully saturated rings. The normalized spacial score (nSPS) is 20.9. The second kappa shape index (κ2) is 5.90. The summed E-state index contributed by atoms with van der Waals surface area (Å²) in [6, 6.07) is -1.16. The first-order valence-corrected chi connectivity index (χ1v) is 6.41. The molecule has 16 heavy (non-hydrogen) atoms. The monoisotopic (exact) mass is 251 g/mol. The Bertz CT molecular complexity index is 354. The van der Waals surface area contributed by atoms with Crippen LogP contribution in [0.5, 0.6) is 0 Å². The molecule has 0 aromatic heterocycles. The van der Waals surface area contributed by atoms with Crippen LogP contribution in [0.15, 0.2) is 5.18 Å². The Kier molecular flexibility index (Phi) is 5.52. The van der Waals surface area contributed by atoms with Crippen LogP contribution in [0.1, 0.15) is 20.8 Å². The van der Waals surface area contributed by atoms with Crippen LogP contribution < -0.4 is 0 Å². The third-order valence-electron chi connectivity index (χ3n) is 2.05. The number of hydrogen-bond acceptors (Lipinski definition) is 5. The predicted molar refractivity (Wildman–Crippen MR) is 59.9 cm³/mol. The number of nitrogens with zero attached hydrogens (tertiary/aromatic N) is 3. The fourth-order valence-electron chi connectivity index (χ4n) is 1.11. The third-order valence-corrected chi connectivity index (χ3v) is 3.94. The molecule has 0 spiro atoms. The van der Waals surface area contributed by atoms with E-state index >= 15 is 0 Å². The van der Waals surface area contributed by atoms with Gasteiger partial charge in [-0.1, -0.05) is 19.0 Å². The minimum atomic E-state index is -3.70. The molecular formula is C8H17N3O4S. The first-order chi connectivity index (χ1) is 7.41. The number of likely N-dealkylation sites (N-methyl/N-ethyl adjacent to an activating group) is 1. The van der Waals surface area contributed by atoms with E-state index < -0.39 is 22.2 Å². The molecular weight excluding hydrogens is 234 g/mol. The molecule has 0 bridgehead atoms. The van der Waals surface area contributed by atoms with Crippen molar-refractivity contribution >= 4 is 16.1 Å². The quantitative estimate of drug-likeness (QED) is 0.655. The van der Waals surface area contributed by atoms with E-state index in [4.69, 9.17) is 0 Å². The molecule has 7 nitrogen and oxygen atoms in total. The molecule has 0 aromatic rings. The summed E-state index contributed by atoms with van der Waals surface area (Å²) in [4.78, 5) is 21.5. The minimum absolute atomic E-state index is 0.0809. The molecule has 1 atom stereocenters. The molecule has 1 rings (SSSR count). The van der Waals surface area contributed by atoms with Gasteiger partial charge >= 0.3 is 10.2 Å². The van der Waals surface area contributed by atoms with Gasteiger partial charge in [-0.15, -0.1) is 4.91 Å². The van der Waals surface area contributed by atoms with Crippen LogP contribution in [-0.4, -0.2) is 49.1 Å². The highest BCUT2D eigenvalue weighted by Gasteiger charge is 2.39. The Balaban J connectivity index is 0.00000106. The Hall–Kier alpha value is -1.02. The van der Waals surface area contributed by atoms with E-state index in [0.717, 1.165) is 4.31 Å². The Morgan fingerprint density at radius 3 is 2.12 bits per heavy atom. The summed E-state index contributed by atoms with van der Waals surface area (Å²) in [5.41, 5.74) is 0. The maximum absolute atomic E-state index is 11.4. The fraction of sp³-hybridized carbons (Fsp3) is 0.875. The van der Waals surface area contributed by atoms with E-state index in [2.05, 4.69) is 5.18 Å². The number of nitroso groups, excluding NO2 is 1. The summed E-state index contributed by atoms with van der Waals surface area (Å²) in [5, 5.41) is 2.50. The Labute approximate surface area is 95.6 Å². The van der Waals surface area contributed by atoms with Crippen molar-refractivity contribution in [1.29, 1.82) is 0 Å². The average Bonchev–Trinajstić information content (AvgIpc) is 2.55. The van der Waals surface area contributed by atoms with Crippen LogP contribution in [-0.2, 0) is 15.0 Å². The third kappa shape index (κ3) is 2.76. The zero-order valence-corrected chi connectivity index (χ0v) is 10.7. The lowest BCUT2D eigenvalue weighted by Crippen LogP contribution is -2.40. The summed E-state index contributed by atoms with van der Waals surface area (Å²) in [6.45, 7) is 5.60. The number of amides is 1. The van der Waals surface area contributed by atoms with Crippen molar-refractivity contribution in [2.75, 3.05) is 20.1 Å². The smallest absolute Gasteiger partial charge is 0.271 e. The second-order valence-corrected chi connectivity index (χ2v) is 4.98. The van der Waals surface area contributed by atoms with Gasteiger partial charge in [0.05, 0.1) is 6.54 Å². The van der Waals surface area contributed by atoms with Gasteiger partial charge in [0, 0.05) is 13.6 Å². The van der Waals surface area contributed by atoms with Gasteiger partial charge in [-0.25, -0.2) is 4.31 Å². The SMILES string of the molecule is CC.CC(N=O)C(=O)N1CCN(C)S1(=O)=O. The van der Waals surface area contributed by atoms with Crippen molar-refractivity contribution in [2.24, 2.45) is 5.18 Å². The minimum Gasteiger partial charge on any atom is -0.271 e. The van der Waals surface area contributed by atoms with E-state index in [0.29, 0.717) is 4.31 Å². The Morgan fingerprint density at radius 2 is 1.81 bits per heavy atom. The largest absolute Gasteiger partial charge is 0.306 e. The number of rotatable bonds is 2. The lowest BCUT2D eigenvalue weighted by molar-refractivity contribution is -0.127. The van der Waals surface area contributed by atoms with Crippen LogP contribution in [0.25, 0.3) is 0 Å². The van der Waals surface area contributed by atoms with Gasteiger partial charge in [-0.05, 0) is 6.92 Å². The highest BCUT2D eigenvalue weighted by molar-refractivity contribution is 7.87. The van der Waals surface area contributed by atoms with Crippen LogP contribution in [0, 0.1) is 4.91 Å².